The summed E-state index contributed by atoms with van der Waals surface area (Å²) in [4.78, 5) is 8.48. The molecule has 0 aromatic carbocycles. The van der Waals surface area contributed by atoms with Crippen molar-refractivity contribution < 1.29 is 4.74 Å². The maximum Gasteiger partial charge on any atom is 0.185 e. The Morgan fingerprint density at radius 3 is 2.90 bits per heavy atom. The third kappa shape index (κ3) is 3.15. The molecule has 2 rings (SSSR count). The van der Waals surface area contributed by atoms with Gasteiger partial charge in [0.25, 0.3) is 0 Å². The van der Waals surface area contributed by atoms with Crippen molar-refractivity contribution in [1.82, 2.24) is 4.98 Å². The Balaban J connectivity index is 2.18. The number of hydrogen-bond donors (Lipinski definition) is 1. The summed E-state index contributed by atoms with van der Waals surface area (Å²) in [5.41, 5.74) is 7.09. The van der Waals surface area contributed by atoms with Gasteiger partial charge in [0.05, 0.1) is 11.8 Å². The topological polar surface area (TPSA) is 51.4 Å². The van der Waals surface area contributed by atoms with Crippen LogP contribution < -0.4 is 10.6 Å². The van der Waals surface area contributed by atoms with Gasteiger partial charge in [0.1, 0.15) is 0 Å². The summed E-state index contributed by atoms with van der Waals surface area (Å²) in [6.07, 6.45) is 2.57. The molecule has 3 unspecified atom stereocenters. The third-order valence-corrected chi connectivity index (χ3v) is 5.60. The van der Waals surface area contributed by atoms with Crippen LogP contribution in [0.2, 0.25) is 0 Å². The summed E-state index contributed by atoms with van der Waals surface area (Å²) in [6.45, 7) is 9.30. The van der Waals surface area contributed by atoms with Crippen molar-refractivity contribution in [1.29, 1.82) is 0 Å². The van der Waals surface area contributed by atoms with E-state index in [1.54, 1.807) is 11.3 Å². The molecule has 2 N–H and O–H groups in total. The van der Waals surface area contributed by atoms with Gasteiger partial charge in [0.15, 0.2) is 5.13 Å². The first-order chi connectivity index (χ1) is 9.60. The lowest BCUT2D eigenvalue weighted by Crippen LogP contribution is -2.43. The molecule has 0 spiro atoms. The van der Waals surface area contributed by atoms with Crippen LogP contribution >= 0.6 is 11.3 Å². The van der Waals surface area contributed by atoms with Crippen LogP contribution in [-0.2, 0) is 11.3 Å². The van der Waals surface area contributed by atoms with Crippen molar-refractivity contribution >= 4 is 16.5 Å². The Kier molecular flexibility index (Phi) is 5.41. The summed E-state index contributed by atoms with van der Waals surface area (Å²) in [5, 5.41) is 1.12. The largest absolute Gasteiger partial charge is 0.379 e. The number of piperidine rings is 1. The summed E-state index contributed by atoms with van der Waals surface area (Å²) >= 11 is 1.76. The molecule has 1 fully saturated rings. The second-order valence-corrected chi connectivity index (χ2v) is 6.87. The molecule has 1 aliphatic rings. The van der Waals surface area contributed by atoms with Gasteiger partial charge in [-0.25, -0.2) is 4.98 Å². The van der Waals surface area contributed by atoms with Crippen molar-refractivity contribution in [2.45, 2.75) is 52.2 Å². The highest BCUT2D eigenvalue weighted by molar-refractivity contribution is 7.15. The summed E-state index contributed by atoms with van der Waals surface area (Å²) in [7, 11) is 1.81. The van der Waals surface area contributed by atoms with Crippen molar-refractivity contribution in [3.63, 3.8) is 0 Å². The van der Waals surface area contributed by atoms with Crippen LogP contribution in [0, 0.1) is 5.92 Å². The first kappa shape index (κ1) is 15.7. The summed E-state index contributed by atoms with van der Waals surface area (Å²) < 4.78 is 5.60. The van der Waals surface area contributed by atoms with E-state index in [1.807, 2.05) is 7.11 Å². The number of aromatic nitrogens is 1. The zero-order chi connectivity index (χ0) is 14.7. The lowest BCUT2D eigenvalue weighted by Gasteiger charge is -2.36. The highest BCUT2D eigenvalue weighted by atomic mass is 32.1. The highest BCUT2D eigenvalue weighted by Gasteiger charge is 2.28. The van der Waals surface area contributed by atoms with Crippen LogP contribution in [0.15, 0.2) is 0 Å². The molecule has 4 nitrogen and oxygen atoms in total. The Morgan fingerprint density at radius 1 is 1.55 bits per heavy atom. The van der Waals surface area contributed by atoms with Crippen LogP contribution in [0.5, 0.6) is 0 Å². The number of nitrogens with two attached hydrogens (primary N) is 1. The van der Waals surface area contributed by atoms with Gasteiger partial charge >= 0.3 is 0 Å². The predicted octanol–water partition coefficient (Wildman–Crippen LogP) is 2.98. The van der Waals surface area contributed by atoms with E-state index in [2.05, 4.69) is 25.7 Å². The zero-order valence-electron chi connectivity index (χ0n) is 13.1. The van der Waals surface area contributed by atoms with E-state index in [1.165, 1.54) is 10.6 Å². The van der Waals surface area contributed by atoms with Gasteiger partial charge in [-0.1, -0.05) is 20.8 Å². The minimum absolute atomic E-state index is 0.307. The van der Waals surface area contributed by atoms with Crippen molar-refractivity contribution in [2.24, 2.45) is 11.7 Å². The van der Waals surface area contributed by atoms with Crippen molar-refractivity contribution in [2.75, 3.05) is 25.1 Å². The molecule has 2 heterocycles. The Labute approximate surface area is 126 Å². The maximum atomic E-state index is 5.89. The fraction of sp³-hybridized carbons (Fsp3) is 0.800. The molecule has 0 amide bonds. The second kappa shape index (κ2) is 6.87. The van der Waals surface area contributed by atoms with Gasteiger partial charge in [-0.05, 0) is 24.7 Å². The van der Waals surface area contributed by atoms with Crippen LogP contribution in [0.25, 0.3) is 0 Å². The molecule has 0 bridgehead atoms. The van der Waals surface area contributed by atoms with E-state index >= 15 is 0 Å². The van der Waals surface area contributed by atoms with E-state index < -0.39 is 0 Å². The Morgan fingerprint density at radius 2 is 2.30 bits per heavy atom. The number of methoxy groups -OCH3 is 1. The molecule has 1 aromatic rings. The SMILES string of the molecule is CCC(C)c1nc(N2CCC(C)C(OC)C2)sc1CN. The Bertz CT molecular complexity index is 435. The van der Waals surface area contributed by atoms with Gasteiger partial charge in [0, 0.05) is 31.6 Å². The van der Waals surface area contributed by atoms with E-state index in [0.717, 1.165) is 31.1 Å². The lowest BCUT2D eigenvalue weighted by atomic mass is 9.96. The monoisotopic (exact) mass is 297 g/mol. The standard InChI is InChI=1S/C15H27N3OS/c1-5-10(2)14-13(8-16)20-15(17-14)18-7-6-11(3)12(9-18)19-4/h10-12H,5-9,16H2,1-4H3. The molecule has 3 atom stereocenters. The molecular weight excluding hydrogens is 270 g/mol. The minimum Gasteiger partial charge on any atom is -0.379 e. The van der Waals surface area contributed by atoms with Gasteiger partial charge in [0.2, 0.25) is 0 Å². The molecule has 1 aromatic heterocycles. The smallest absolute Gasteiger partial charge is 0.185 e. The molecule has 0 saturated carbocycles. The molecule has 5 heteroatoms. The molecule has 20 heavy (non-hydrogen) atoms. The highest BCUT2D eigenvalue weighted by Crippen LogP contribution is 2.34. The Hall–Kier alpha value is -0.650. The molecule has 114 valence electrons. The first-order valence-electron chi connectivity index (χ1n) is 7.58. The van der Waals surface area contributed by atoms with E-state index in [4.69, 9.17) is 15.5 Å². The lowest BCUT2D eigenvalue weighted by molar-refractivity contribution is 0.0498. The van der Waals surface area contributed by atoms with Gasteiger partial charge in [-0.15, -0.1) is 11.3 Å². The number of hydrogen-bond acceptors (Lipinski definition) is 5. The maximum absolute atomic E-state index is 5.89. The number of nitrogens with zero attached hydrogens (tertiary/aromatic N) is 2. The molecule has 0 radical (unpaired) electrons. The van der Waals surface area contributed by atoms with E-state index in [9.17, 15) is 0 Å². The average Bonchev–Trinajstić information content (AvgIpc) is 2.91. The summed E-state index contributed by atoms with van der Waals surface area (Å²) in [6, 6.07) is 0. The van der Waals surface area contributed by atoms with Crippen LogP contribution in [-0.4, -0.2) is 31.3 Å². The minimum atomic E-state index is 0.307. The van der Waals surface area contributed by atoms with Gasteiger partial charge < -0.3 is 15.4 Å². The van der Waals surface area contributed by atoms with Crippen LogP contribution in [0.4, 0.5) is 5.13 Å². The summed E-state index contributed by atoms with van der Waals surface area (Å²) in [5.74, 6) is 1.11. The van der Waals surface area contributed by atoms with Gasteiger partial charge in [-0.3, -0.25) is 0 Å². The molecule has 0 aliphatic carbocycles. The fourth-order valence-corrected chi connectivity index (χ4v) is 3.82. The zero-order valence-corrected chi connectivity index (χ0v) is 13.9. The van der Waals surface area contributed by atoms with Crippen molar-refractivity contribution in [3.05, 3.63) is 10.6 Å². The van der Waals surface area contributed by atoms with Gasteiger partial charge in [-0.2, -0.15) is 0 Å². The van der Waals surface area contributed by atoms with Crippen LogP contribution in [0.3, 0.4) is 0 Å². The van der Waals surface area contributed by atoms with Crippen molar-refractivity contribution in [3.8, 4) is 0 Å². The predicted molar refractivity (Wildman–Crippen MR) is 85.5 cm³/mol. The van der Waals surface area contributed by atoms with Crippen LogP contribution in [0.1, 0.15) is 50.1 Å². The number of thiazole rings is 1. The third-order valence-electron chi connectivity index (χ3n) is 4.44. The fourth-order valence-electron chi connectivity index (χ4n) is 2.72. The first-order valence-corrected chi connectivity index (χ1v) is 8.39. The number of rotatable bonds is 5. The number of ether oxygens (including phenoxy) is 1. The van der Waals surface area contributed by atoms with E-state index in [-0.39, 0.29) is 0 Å². The normalized spacial score (nSPS) is 24.9. The second-order valence-electron chi connectivity index (χ2n) is 5.80. The average molecular weight is 297 g/mol. The molecule has 1 saturated heterocycles. The molecule has 1 aliphatic heterocycles. The number of anilines is 1. The molecular formula is C15H27N3OS. The van der Waals surface area contributed by atoms with E-state index in [0.29, 0.717) is 24.5 Å². The quantitative estimate of drug-likeness (QED) is 0.908.